The van der Waals surface area contributed by atoms with Gasteiger partial charge in [-0.1, -0.05) is 28.9 Å². The molecule has 2 aromatic heterocycles. The molecular formula is C27H27BrClN5O2S. The third-order valence-corrected chi connectivity index (χ3v) is 8.43. The smallest absolute Gasteiger partial charge is 0.254 e. The Balaban J connectivity index is 1.16. The van der Waals surface area contributed by atoms with Gasteiger partial charge in [0.15, 0.2) is 3.92 Å². The summed E-state index contributed by atoms with van der Waals surface area (Å²) >= 11 is 11.0. The maximum atomic E-state index is 13.3. The van der Waals surface area contributed by atoms with Crippen LogP contribution in [0.25, 0.3) is 0 Å². The minimum Gasteiger partial charge on any atom is -0.489 e. The van der Waals surface area contributed by atoms with Crippen LogP contribution in [-0.4, -0.2) is 43.4 Å². The van der Waals surface area contributed by atoms with Gasteiger partial charge in [0.2, 0.25) is 0 Å². The fraction of sp³-hybridized carbons (Fsp3) is 0.333. The Morgan fingerprint density at radius 3 is 2.62 bits per heavy atom. The minimum absolute atomic E-state index is 0.0596. The van der Waals surface area contributed by atoms with Crippen molar-refractivity contribution in [1.29, 1.82) is 0 Å². The number of halogens is 2. The summed E-state index contributed by atoms with van der Waals surface area (Å²) in [4.78, 5) is 20.9. The molecule has 0 aliphatic carbocycles. The SMILES string of the molecule is Cc1sc(Br)nc1Cn1cc(C2CCN(C(=O)c3ccc(COc4ccc(Cl)cc4)cc3)C(C)C2)nn1. The van der Waals surface area contributed by atoms with Gasteiger partial charge in [0.1, 0.15) is 12.4 Å². The zero-order valence-corrected chi connectivity index (χ0v) is 23.8. The van der Waals surface area contributed by atoms with E-state index in [0.717, 1.165) is 39.5 Å². The standard InChI is InChI=1S/C27H27BrClN5O2S/c1-17-13-21(25-15-33(32-31-25)14-24-18(2)37-27(28)30-24)11-12-34(17)26(35)20-5-3-19(4-6-20)16-36-23-9-7-22(29)8-10-23/h3-10,15,17,21H,11-14,16H2,1-2H3. The van der Waals surface area contributed by atoms with E-state index in [1.165, 1.54) is 4.88 Å². The highest BCUT2D eigenvalue weighted by Gasteiger charge is 2.31. The van der Waals surface area contributed by atoms with E-state index in [2.05, 4.69) is 45.1 Å². The number of aryl methyl sites for hydroxylation is 1. The molecule has 0 radical (unpaired) electrons. The summed E-state index contributed by atoms with van der Waals surface area (Å²) in [5.41, 5.74) is 3.68. The molecule has 1 aliphatic rings. The molecule has 0 N–H and O–H groups in total. The van der Waals surface area contributed by atoms with E-state index in [1.54, 1.807) is 23.5 Å². The topological polar surface area (TPSA) is 73.1 Å². The maximum Gasteiger partial charge on any atom is 0.254 e. The van der Waals surface area contributed by atoms with Gasteiger partial charge in [-0.3, -0.25) is 4.79 Å². The second-order valence-corrected chi connectivity index (χ2v) is 12.2. The van der Waals surface area contributed by atoms with Crippen molar-refractivity contribution in [3.63, 3.8) is 0 Å². The maximum absolute atomic E-state index is 13.3. The summed E-state index contributed by atoms with van der Waals surface area (Å²) in [6.07, 6.45) is 3.74. The second-order valence-electron chi connectivity index (χ2n) is 9.32. The second kappa shape index (κ2) is 11.3. The van der Waals surface area contributed by atoms with Crippen molar-refractivity contribution in [3.05, 3.63) is 91.1 Å². The lowest BCUT2D eigenvalue weighted by molar-refractivity contribution is 0.0614. The molecule has 1 fully saturated rings. The first-order valence-electron chi connectivity index (χ1n) is 12.2. The number of aromatic nitrogens is 4. The first-order chi connectivity index (χ1) is 17.9. The number of amides is 1. The highest BCUT2D eigenvalue weighted by Crippen LogP contribution is 2.31. The number of piperidine rings is 1. The van der Waals surface area contributed by atoms with Crippen molar-refractivity contribution in [2.75, 3.05) is 6.54 Å². The third-order valence-electron chi connectivity index (χ3n) is 6.71. The Hall–Kier alpha value is -2.75. The number of nitrogens with zero attached hydrogens (tertiary/aromatic N) is 5. The molecule has 192 valence electrons. The van der Waals surface area contributed by atoms with Crippen molar-refractivity contribution in [3.8, 4) is 5.75 Å². The van der Waals surface area contributed by atoms with Gasteiger partial charge in [-0.15, -0.1) is 16.4 Å². The predicted molar refractivity (Wildman–Crippen MR) is 148 cm³/mol. The van der Waals surface area contributed by atoms with Crippen LogP contribution in [0.1, 0.15) is 57.9 Å². The van der Waals surface area contributed by atoms with Gasteiger partial charge >= 0.3 is 0 Å². The molecule has 0 spiro atoms. The van der Waals surface area contributed by atoms with E-state index in [4.69, 9.17) is 16.3 Å². The highest BCUT2D eigenvalue weighted by atomic mass is 79.9. The van der Waals surface area contributed by atoms with E-state index in [-0.39, 0.29) is 17.9 Å². The molecule has 0 bridgehead atoms. The van der Waals surface area contributed by atoms with E-state index < -0.39 is 0 Å². The normalized spacial score (nSPS) is 17.7. The quantitative estimate of drug-likeness (QED) is 0.242. The Labute approximate surface area is 233 Å². The van der Waals surface area contributed by atoms with Gasteiger partial charge in [0.25, 0.3) is 5.91 Å². The first-order valence-corrected chi connectivity index (χ1v) is 14.1. The summed E-state index contributed by atoms with van der Waals surface area (Å²) in [5.74, 6) is 1.10. The molecule has 1 aliphatic heterocycles. The number of carbonyl (C=O) groups is 1. The van der Waals surface area contributed by atoms with Crippen LogP contribution < -0.4 is 4.74 Å². The zero-order chi connectivity index (χ0) is 25.9. The van der Waals surface area contributed by atoms with Crippen LogP contribution >= 0.6 is 38.9 Å². The lowest BCUT2D eigenvalue weighted by atomic mass is 9.89. The van der Waals surface area contributed by atoms with Gasteiger partial charge in [-0.25, -0.2) is 9.67 Å². The molecule has 5 rings (SSSR count). The average molecular weight is 601 g/mol. The van der Waals surface area contributed by atoms with Crippen LogP contribution in [0.4, 0.5) is 0 Å². The zero-order valence-electron chi connectivity index (χ0n) is 20.6. The number of rotatable bonds is 7. The molecule has 1 amide bonds. The van der Waals surface area contributed by atoms with Crippen LogP contribution in [0.3, 0.4) is 0 Å². The summed E-state index contributed by atoms with van der Waals surface area (Å²) in [6, 6.07) is 15.0. The largest absolute Gasteiger partial charge is 0.489 e. The van der Waals surface area contributed by atoms with Crippen LogP contribution in [0, 0.1) is 6.92 Å². The first kappa shape index (κ1) is 25.9. The van der Waals surface area contributed by atoms with Crippen LogP contribution in [0.15, 0.2) is 58.6 Å². The fourth-order valence-electron chi connectivity index (χ4n) is 4.62. The van der Waals surface area contributed by atoms with Crippen molar-refractivity contribution >= 4 is 44.8 Å². The number of hydrogen-bond acceptors (Lipinski definition) is 6. The summed E-state index contributed by atoms with van der Waals surface area (Å²) in [5, 5.41) is 9.45. The molecule has 4 aromatic rings. The highest BCUT2D eigenvalue weighted by molar-refractivity contribution is 9.11. The third kappa shape index (κ3) is 6.22. The minimum atomic E-state index is 0.0596. The molecule has 0 saturated carbocycles. The Morgan fingerprint density at radius 1 is 1.19 bits per heavy atom. The molecule has 37 heavy (non-hydrogen) atoms. The summed E-state index contributed by atoms with van der Waals surface area (Å²) < 4.78 is 8.54. The van der Waals surface area contributed by atoms with Crippen LogP contribution in [0.5, 0.6) is 5.75 Å². The van der Waals surface area contributed by atoms with Gasteiger partial charge in [0.05, 0.1) is 17.9 Å². The monoisotopic (exact) mass is 599 g/mol. The number of benzene rings is 2. The van der Waals surface area contributed by atoms with E-state index in [0.29, 0.717) is 30.3 Å². The van der Waals surface area contributed by atoms with Crippen molar-refractivity contribution in [2.24, 2.45) is 0 Å². The molecule has 2 unspecified atom stereocenters. The lowest BCUT2D eigenvalue weighted by Gasteiger charge is -2.37. The number of likely N-dealkylation sites (tertiary alicyclic amines) is 1. The Bertz CT molecular complexity index is 1370. The average Bonchev–Trinajstić information content (AvgIpc) is 3.49. The number of thiazole rings is 1. The molecule has 10 heteroatoms. The van der Waals surface area contributed by atoms with Crippen molar-refractivity contribution in [1.82, 2.24) is 24.9 Å². The number of carbonyl (C=O) groups excluding carboxylic acids is 1. The molecule has 2 aromatic carbocycles. The van der Waals surface area contributed by atoms with Crippen molar-refractivity contribution in [2.45, 2.75) is 51.8 Å². The number of hydrogen-bond donors (Lipinski definition) is 0. The Morgan fingerprint density at radius 2 is 1.95 bits per heavy atom. The molecule has 1 saturated heterocycles. The van der Waals surface area contributed by atoms with E-state index in [1.807, 2.05) is 52.2 Å². The molecule has 3 heterocycles. The van der Waals surface area contributed by atoms with E-state index in [9.17, 15) is 4.79 Å². The van der Waals surface area contributed by atoms with Gasteiger partial charge in [-0.2, -0.15) is 0 Å². The van der Waals surface area contributed by atoms with Crippen molar-refractivity contribution < 1.29 is 9.53 Å². The fourth-order valence-corrected chi connectivity index (χ4v) is 6.33. The van der Waals surface area contributed by atoms with Gasteiger partial charge < -0.3 is 9.64 Å². The summed E-state index contributed by atoms with van der Waals surface area (Å²) in [6.45, 7) is 5.90. The molecular weight excluding hydrogens is 574 g/mol. The van der Waals surface area contributed by atoms with Gasteiger partial charge in [0, 0.05) is 40.2 Å². The molecule has 7 nitrogen and oxygen atoms in total. The number of ether oxygens (including phenoxy) is 1. The Kier molecular flexibility index (Phi) is 7.92. The lowest BCUT2D eigenvalue weighted by Crippen LogP contribution is -2.44. The van der Waals surface area contributed by atoms with E-state index >= 15 is 0 Å². The van der Waals surface area contributed by atoms with Gasteiger partial charge in [-0.05, 0) is 84.6 Å². The predicted octanol–water partition coefficient (Wildman–Crippen LogP) is 6.49. The van der Waals surface area contributed by atoms with Crippen LogP contribution in [-0.2, 0) is 13.2 Å². The summed E-state index contributed by atoms with van der Waals surface area (Å²) in [7, 11) is 0. The van der Waals surface area contributed by atoms with Crippen LogP contribution in [0.2, 0.25) is 5.02 Å². The molecule has 2 atom stereocenters.